The number of hydrogen-bond donors (Lipinski definition) is 1. The highest BCUT2D eigenvalue weighted by Gasteiger charge is 2.19. The van der Waals surface area contributed by atoms with Gasteiger partial charge in [-0.15, -0.1) is 0 Å². The van der Waals surface area contributed by atoms with E-state index in [0.29, 0.717) is 17.0 Å². The van der Waals surface area contributed by atoms with E-state index in [0.717, 1.165) is 16.6 Å². The van der Waals surface area contributed by atoms with Gasteiger partial charge < -0.3 is 4.74 Å². The summed E-state index contributed by atoms with van der Waals surface area (Å²) in [7, 11) is -3.86. The van der Waals surface area contributed by atoms with Crippen LogP contribution in [0.1, 0.15) is 11.3 Å². The molecule has 6 nitrogen and oxygen atoms in total. The highest BCUT2D eigenvalue weighted by Crippen LogP contribution is 2.30. The Balaban J connectivity index is 1.56. The summed E-state index contributed by atoms with van der Waals surface area (Å²) in [5.41, 5.74) is 2.46. The van der Waals surface area contributed by atoms with Crippen molar-refractivity contribution >= 4 is 38.2 Å². The fourth-order valence-electron chi connectivity index (χ4n) is 2.99. The first-order valence-electron chi connectivity index (χ1n) is 9.13. The fraction of sp³-hybridized carbons (Fsp3) is 0.0909. The molecule has 0 radical (unpaired) electrons. The summed E-state index contributed by atoms with van der Waals surface area (Å²) < 4.78 is 34.2. The zero-order valence-electron chi connectivity index (χ0n) is 16.0. The summed E-state index contributed by atoms with van der Waals surface area (Å²) in [5.74, 6) is 0.438. The van der Waals surface area contributed by atoms with Crippen molar-refractivity contribution in [3.63, 3.8) is 0 Å². The second kappa shape index (κ2) is 8.30. The van der Waals surface area contributed by atoms with Gasteiger partial charge in [0.2, 0.25) is 0 Å². The third kappa shape index (κ3) is 4.37. The summed E-state index contributed by atoms with van der Waals surface area (Å²) in [4.78, 5) is 8.59. The zero-order valence-corrected chi connectivity index (χ0v) is 17.6. The number of rotatable bonds is 6. The molecule has 0 aliphatic heterocycles. The first-order valence-corrected chi connectivity index (χ1v) is 11.0. The molecule has 0 bridgehead atoms. The number of nitrogens with one attached hydrogen (secondary N) is 1. The molecule has 4 aromatic rings. The van der Waals surface area contributed by atoms with Crippen molar-refractivity contribution in [3.05, 3.63) is 89.3 Å². The number of benzene rings is 2. The van der Waals surface area contributed by atoms with Crippen molar-refractivity contribution in [3.8, 4) is 5.75 Å². The molecule has 2 heterocycles. The first-order chi connectivity index (χ1) is 14.4. The number of pyridine rings is 2. The van der Waals surface area contributed by atoms with E-state index in [4.69, 9.17) is 16.3 Å². The maximum absolute atomic E-state index is 13.0. The lowest BCUT2D eigenvalue weighted by molar-refractivity contribution is 0.301. The largest absolute Gasteiger partial charge is 0.486 e. The molecule has 1 N–H and O–H groups in total. The van der Waals surface area contributed by atoms with Crippen molar-refractivity contribution < 1.29 is 13.2 Å². The summed E-state index contributed by atoms with van der Waals surface area (Å²) in [5, 5.41) is 1.05. The van der Waals surface area contributed by atoms with Gasteiger partial charge in [0.25, 0.3) is 10.0 Å². The number of halogens is 1. The summed E-state index contributed by atoms with van der Waals surface area (Å²) in [6.07, 6.45) is 3.33. The van der Waals surface area contributed by atoms with Gasteiger partial charge in [0.05, 0.1) is 21.9 Å². The van der Waals surface area contributed by atoms with Crippen LogP contribution in [0.15, 0.2) is 78.0 Å². The van der Waals surface area contributed by atoms with Crippen LogP contribution in [0.25, 0.3) is 10.9 Å². The molecule has 8 heteroatoms. The van der Waals surface area contributed by atoms with Crippen LogP contribution in [0, 0.1) is 6.92 Å². The van der Waals surface area contributed by atoms with E-state index in [9.17, 15) is 8.42 Å². The van der Waals surface area contributed by atoms with Gasteiger partial charge in [-0.05, 0) is 55.0 Å². The highest BCUT2D eigenvalue weighted by atomic mass is 35.5. The minimum atomic E-state index is -3.86. The Hall–Kier alpha value is -3.16. The van der Waals surface area contributed by atoms with Gasteiger partial charge in [0, 0.05) is 17.8 Å². The molecule has 0 aliphatic rings. The summed E-state index contributed by atoms with van der Waals surface area (Å²) in [6, 6.07) is 17.2. The quantitative estimate of drug-likeness (QED) is 0.458. The number of aryl methyl sites for hydroxylation is 1. The maximum Gasteiger partial charge on any atom is 0.264 e. The number of sulfonamides is 1. The number of nitrogens with zero attached hydrogens (tertiary/aromatic N) is 2. The lowest BCUT2D eigenvalue weighted by Gasteiger charge is -2.12. The van der Waals surface area contributed by atoms with Gasteiger partial charge in [-0.1, -0.05) is 29.8 Å². The molecule has 0 aliphatic carbocycles. The number of ether oxygens (including phenoxy) is 1. The standard InChI is InChI=1S/C22H18ClN3O3S/c1-15-11-16-5-4-7-21(22(16)25-13-15)30(27,28)26-17-8-9-20(19(23)12-17)29-14-18-6-2-3-10-24-18/h2-13,26H,14H2,1H3. The topological polar surface area (TPSA) is 81.2 Å². The van der Waals surface area contributed by atoms with E-state index in [1.807, 2.05) is 37.3 Å². The molecule has 0 spiro atoms. The van der Waals surface area contributed by atoms with Gasteiger partial charge in [0.1, 0.15) is 17.3 Å². The van der Waals surface area contributed by atoms with Gasteiger partial charge in [-0.3, -0.25) is 14.7 Å². The van der Waals surface area contributed by atoms with Crippen LogP contribution in [0.4, 0.5) is 5.69 Å². The zero-order chi connectivity index (χ0) is 21.1. The molecular weight excluding hydrogens is 422 g/mol. The van der Waals surface area contributed by atoms with E-state index in [1.165, 1.54) is 12.1 Å². The lowest BCUT2D eigenvalue weighted by atomic mass is 10.2. The monoisotopic (exact) mass is 439 g/mol. The van der Waals surface area contributed by atoms with Crippen LogP contribution in [0.5, 0.6) is 5.75 Å². The smallest absolute Gasteiger partial charge is 0.264 e. The number of fused-ring (bicyclic) bond motifs is 1. The van der Waals surface area contributed by atoms with Gasteiger partial charge in [0.15, 0.2) is 0 Å². The van der Waals surface area contributed by atoms with E-state index in [-0.39, 0.29) is 16.5 Å². The predicted octanol–water partition coefficient (Wildman–Crippen LogP) is 4.97. The molecule has 2 aromatic heterocycles. The Kier molecular flexibility index (Phi) is 5.57. The predicted molar refractivity (Wildman–Crippen MR) is 117 cm³/mol. The van der Waals surface area contributed by atoms with Crippen molar-refractivity contribution in [2.75, 3.05) is 4.72 Å². The molecular formula is C22H18ClN3O3S. The van der Waals surface area contributed by atoms with E-state index < -0.39 is 10.0 Å². The van der Waals surface area contributed by atoms with Crippen molar-refractivity contribution in [2.45, 2.75) is 18.4 Å². The van der Waals surface area contributed by atoms with Crippen LogP contribution in [-0.4, -0.2) is 18.4 Å². The van der Waals surface area contributed by atoms with Gasteiger partial charge in [-0.25, -0.2) is 8.42 Å². The summed E-state index contributed by atoms with van der Waals surface area (Å²) >= 11 is 6.29. The molecule has 0 fully saturated rings. The van der Waals surface area contributed by atoms with Crippen molar-refractivity contribution in [2.24, 2.45) is 0 Å². The maximum atomic E-state index is 13.0. The molecule has 0 saturated heterocycles. The van der Waals surface area contributed by atoms with E-state index >= 15 is 0 Å². The number of hydrogen-bond acceptors (Lipinski definition) is 5. The highest BCUT2D eigenvalue weighted by molar-refractivity contribution is 7.93. The Labute approximate surface area is 179 Å². The molecule has 4 rings (SSSR count). The Morgan fingerprint density at radius 1 is 1.03 bits per heavy atom. The normalized spacial score (nSPS) is 11.4. The average Bonchev–Trinajstić information content (AvgIpc) is 2.73. The fourth-order valence-corrected chi connectivity index (χ4v) is 4.45. The number of para-hydroxylation sites is 1. The van der Waals surface area contributed by atoms with Crippen molar-refractivity contribution in [1.82, 2.24) is 9.97 Å². The average molecular weight is 440 g/mol. The van der Waals surface area contributed by atoms with Crippen LogP contribution < -0.4 is 9.46 Å². The third-order valence-electron chi connectivity index (χ3n) is 4.39. The lowest BCUT2D eigenvalue weighted by Crippen LogP contribution is -2.14. The van der Waals surface area contributed by atoms with E-state index in [1.54, 1.807) is 30.6 Å². The third-order valence-corrected chi connectivity index (χ3v) is 6.09. The van der Waals surface area contributed by atoms with Crippen LogP contribution >= 0.6 is 11.6 Å². The summed E-state index contributed by atoms with van der Waals surface area (Å²) in [6.45, 7) is 2.16. The van der Waals surface area contributed by atoms with Crippen LogP contribution in [-0.2, 0) is 16.6 Å². The number of aromatic nitrogens is 2. The van der Waals surface area contributed by atoms with Gasteiger partial charge >= 0.3 is 0 Å². The Morgan fingerprint density at radius 3 is 2.67 bits per heavy atom. The van der Waals surface area contributed by atoms with Gasteiger partial charge in [-0.2, -0.15) is 0 Å². The van der Waals surface area contributed by atoms with E-state index in [2.05, 4.69) is 14.7 Å². The molecule has 0 unspecified atom stereocenters. The van der Waals surface area contributed by atoms with Crippen LogP contribution in [0.3, 0.4) is 0 Å². The molecule has 30 heavy (non-hydrogen) atoms. The second-order valence-corrected chi connectivity index (χ2v) is 8.76. The minimum absolute atomic E-state index is 0.103. The minimum Gasteiger partial charge on any atom is -0.486 e. The van der Waals surface area contributed by atoms with Crippen LogP contribution in [0.2, 0.25) is 5.02 Å². The Bertz CT molecular complexity index is 1310. The SMILES string of the molecule is Cc1cnc2c(S(=O)(=O)Nc3ccc(OCc4ccccn4)c(Cl)c3)cccc2c1. The molecule has 0 atom stereocenters. The molecule has 2 aromatic carbocycles. The number of anilines is 1. The second-order valence-electron chi connectivity index (χ2n) is 6.70. The van der Waals surface area contributed by atoms with Crippen molar-refractivity contribution in [1.29, 1.82) is 0 Å². The first kappa shape index (κ1) is 20.1. The Morgan fingerprint density at radius 2 is 1.90 bits per heavy atom. The molecule has 0 amide bonds. The molecule has 152 valence electrons. The molecule has 0 saturated carbocycles.